The summed E-state index contributed by atoms with van der Waals surface area (Å²) in [4.78, 5) is 15.8. The fraction of sp³-hybridized carbons (Fsp3) is 0.389. The molecule has 2 heterocycles. The summed E-state index contributed by atoms with van der Waals surface area (Å²) in [7, 11) is 0. The second-order valence-electron chi connectivity index (χ2n) is 5.97. The molecule has 2 amide bonds. The molecular weight excluding hydrogens is 311 g/mol. The second kappa shape index (κ2) is 7.13. The van der Waals surface area contributed by atoms with Gasteiger partial charge in [0.1, 0.15) is 5.82 Å². The minimum absolute atomic E-state index is 0.118. The van der Waals surface area contributed by atoms with Gasteiger partial charge in [-0.15, -0.1) is 11.3 Å². The van der Waals surface area contributed by atoms with Gasteiger partial charge in [0.15, 0.2) is 0 Å². The van der Waals surface area contributed by atoms with Crippen LogP contribution in [0.3, 0.4) is 0 Å². The number of carbonyl (C=O) groups is 1. The van der Waals surface area contributed by atoms with E-state index in [1.807, 2.05) is 16.3 Å². The molecular formula is C18H21FN2OS. The van der Waals surface area contributed by atoms with Crippen LogP contribution in [0, 0.1) is 12.7 Å². The van der Waals surface area contributed by atoms with Gasteiger partial charge in [0.2, 0.25) is 0 Å². The van der Waals surface area contributed by atoms with Crippen LogP contribution in [0.25, 0.3) is 0 Å². The maximum Gasteiger partial charge on any atom is 0.322 e. The van der Waals surface area contributed by atoms with Crippen molar-refractivity contribution in [3.05, 3.63) is 52.0 Å². The van der Waals surface area contributed by atoms with Crippen molar-refractivity contribution in [3.8, 4) is 0 Å². The monoisotopic (exact) mass is 332 g/mol. The normalized spacial score (nSPS) is 18.5. The lowest BCUT2D eigenvalue weighted by Crippen LogP contribution is -2.37. The number of nitrogens with zero attached hydrogens (tertiary/aromatic N) is 1. The maximum atomic E-state index is 13.7. The number of rotatable bonds is 2. The van der Waals surface area contributed by atoms with Gasteiger partial charge in [-0.3, -0.25) is 0 Å². The predicted octanol–water partition coefficient (Wildman–Crippen LogP) is 5.34. The average Bonchev–Trinajstić information content (AvgIpc) is 2.95. The first kappa shape index (κ1) is 16.0. The highest BCUT2D eigenvalue weighted by Crippen LogP contribution is 2.33. The van der Waals surface area contributed by atoms with Gasteiger partial charge in [-0.05, 0) is 48.9 Å². The number of nitrogens with one attached hydrogen (secondary N) is 1. The average molecular weight is 332 g/mol. The first-order chi connectivity index (χ1) is 11.1. The Balaban J connectivity index is 1.78. The molecule has 1 fully saturated rings. The Morgan fingerprint density at radius 2 is 2.17 bits per heavy atom. The molecule has 23 heavy (non-hydrogen) atoms. The van der Waals surface area contributed by atoms with Crippen molar-refractivity contribution in [2.45, 2.75) is 38.6 Å². The molecule has 0 saturated carbocycles. The number of hydrogen-bond acceptors (Lipinski definition) is 2. The number of hydrogen-bond donors (Lipinski definition) is 1. The van der Waals surface area contributed by atoms with Crippen molar-refractivity contribution < 1.29 is 9.18 Å². The molecule has 1 N–H and O–H groups in total. The fourth-order valence-electron chi connectivity index (χ4n) is 2.99. The Labute approximate surface area is 140 Å². The van der Waals surface area contributed by atoms with Crippen molar-refractivity contribution in [3.63, 3.8) is 0 Å². The van der Waals surface area contributed by atoms with Gasteiger partial charge in [0.25, 0.3) is 0 Å². The number of urea groups is 1. The van der Waals surface area contributed by atoms with Crippen LogP contribution in [0.5, 0.6) is 0 Å². The van der Waals surface area contributed by atoms with Crippen molar-refractivity contribution >= 4 is 23.1 Å². The highest BCUT2D eigenvalue weighted by Gasteiger charge is 2.27. The minimum atomic E-state index is -0.298. The summed E-state index contributed by atoms with van der Waals surface area (Å²) >= 11 is 1.69. The quantitative estimate of drug-likeness (QED) is 0.790. The summed E-state index contributed by atoms with van der Waals surface area (Å²) in [5, 5.41) is 4.90. The van der Waals surface area contributed by atoms with E-state index in [1.165, 1.54) is 10.9 Å². The van der Waals surface area contributed by atoms with Crippen LogP contribution in [0.2, 0.25) is 0 Å². The number of thiophene rings is 1. The van der Waals surface area contributed by atoms with Gasteiger partial charge in [-0.25, -0.2) is 9.18 Å². The van der Waals surface area contributed by atoms with Crippen molar-refractivity contribution in [2.24, 2.45) is 0 Å². The molecule has 1 aromatic carbocycles. The molecule has 0 unspecified atom stereocenters. The van der Waals surface area contributed by atoms with E-state index in [-0.39, 0.29) is 17.9 Å². The number of carbonyl (C=O) groups excluding carboxylic acids is 1. The molecule has 1 aliphatic rings. The maximum absolute atomic E-state index is 13.7. The lowest BCUT2D eigenvalue weighted by Gasteiger charge is -2.29. The van der Waals surface area contributed by atoms with Crippen molar-refractivity contribution in [1.29, 1.82) is 0 Å². The van der Waals surface area contributed by atoms with E-state index in [0.29, 0.717) is 11.3 Å². The van der Waals surface area contributed by atoms with Gasteiger partial charge in [0.05, 0.1) is 6.04 Å². The Morgan fingerprint density at radius 3 is 2.91 bits per heavy atom. The van der Waals surface area contributed by atoms with Crippen LogP contribution < -0.4 is 5.32 Å². The molecule has 3 nitrogen and oxygen atoms in total. The number of anilines is 1. The standard InChI is InChI=1S/C18H21FN2OS/c1-13-8-9-14(12-15(13)19)20-18(22)21-10-4-2-3-6-16(21)17-7-5-11-23-17/h5,7-9,11-12,16H,2-4,6,10H2,1H3,(H,20,22)/t16-/m0/s1. The molecule has 3 rings (SSSR count). The Bertz CT molecular complexity index is 672. The number of likely N-dealkylation sites (tertiary alicyclic amines) is 1. The zero-order valence-corrected chi connectivity index (χ0v) is 14.0. The molecule has 0 spiro atoms. The highest BCUT2D eigenvalue weighted by atomic mass is 32.1. The molecule has 1 aromatic heterocycles. The lowest BCUT2D eigenvalue weighted by molar-refractivity contribution is 0.190. The third-order valence-electron chi connectivity index (χ3n) is 4.31. The summed E-state index contributed by atoms with van der Waals surface area (Å²) < 4.78 is 13.7. The van der Waals surface area contributed by atoms with Gasteiger partial charge in [-0.2, -0.15) is 0 Å². The van der Waals surface area contributed by atoms with Gasteiger partial charge < -0.3 is 10.2 Å². The number of amides is 2. The topological polar surface area (TPSA) is 32.3 Å². The zero-order valence-electron chi connectivity index (χ0n) is 13.2. The van der Waals surface area contributed by atoms with E-state index in [2.05, 4.69) is 11.4 Å². The zero-order chi connectivity index (χ0) is 16.2. The third-order valence-corrected chi connectivity index (χ3v) is 5.28. The van der Waals surface area contributed by atoms with Gasteiger partial charge in [0, 0.05) is 17.1 Å². The fourth-order valence-corrected chi connectivity index (χ4v) is 3.87. The molecule has 0 bridgehead atoms. The van der Waals surface area contributed by atoms with Gasteiger partial charge >= 0.3 is 6.03 Å². The van der Waals surface area contributed by atoms with Crippen molar-refractivity contribution in [2.75, 3.05) is 11.9 Å². The summed E-state index contributed by atoms with van der Waals surface area (Å²) in [6.07, 6.45) is 4.27. The van der Waals surface area contributed by atoms with Crippen LogP contribution in [-0.2, 0) is 0 Å². The number of aryl methyl sites for hydroxylation is 1. The van der Waals surface area contributed by atoms with Crippen molar-refractivity contribution in [1.82, 2.24) is 4.90 Å². The predicted molar refractivity (Wildman–Crippen MR) is 92.4 cm³/mol. The Morgan fingerprint density at radius 1 is 1.30 bits per heavy atom. The highest BCUT2D eigenvalue weighted by molar-refractivity contribution is 7.10. The van der Waals surface area contributed by atoms with Crippen LogP contribution in [0.4, 0.5) is 14.9 Å². The SMILES string of the molecule is Cc1ccc(NC(=O)N2CCCCC[C@H]2c2cccs2)cc1F. The smallest absolute Gasteiger partial charge is 0.317 e. The van der Waals surface area contributed by atoms with E-state index in [0.717, 1.165) is 32.2 Å². The first-order valence-corrected chi connectivity index (χ1v) is 8.90. The summed E-state index contributed by atoms with van der Waals surface area (Å²) in [5.41, 5.74) is 1.08. The molecule has 0 radical (unpaired) electrons. The third kappa shape index (κ3) is 3.72. The summed E-state index contributed by atoms with van der Waals surface area (Å²) in [6.45, 7) is 2.45. The molecule has 1 aliphatic heterocycles. The largest absolute Gasteiger partial charge is 0.322 e. The molecule has 5 heteroatoms. The molecule has 2 aromatic rings. The summed E-state index contributed by atoms with van der Waals surface area (Å²) in [6, 6.07) is 8.90. The van der Waals surface area contributed by atoms with Crippen LogP contribution in [-0.4, -0.2) is 17.5 Å². The van der Waals surface area contributed by atoms with E-state index in [9.17, 15) is 9.18 Å². The van der Waals surface area contributed by atoms with Crippen LogP contribution >= 0.6 is 11.3 Å². The van der Waals surface area contributed by atoms with Gasteiger partial charge in [-0.1, -0.05) is 25.0 Å². The molecule has 0 aliphatic carbocycles. The lowest BCUT2D eigenvalue weighted by atomic mass is 10.1. The first-order valence-electron chi connectivity index (χ1n) is 8.02. The van der Waals surface area contributed by atoms with E-state index in [1.54, 1.807) is 30.4 Å². The summed E-state index contributed by atoms with van der Waals surface area (Å²) in [5.74, 6) is -0.298. The van der Waals surface area contributed by atoms with E-state index < -0.39 is 0 Å². The second-order valence-corrected chi connectivity index (χ2v) is 6.95. The Kier molecular flexibility index (Phi) is 4.96. The van der Waals surface area contributed by atoms with E-state index >= 15 is 0 Å². The van der Waals surface area contributed by atoms with E-state index in [4.69, 9.17) is 0 Å². The molecule has 1 saturated heterocycles. The van der Waals surface area contributed by atoms with Crippen LogP contribution in [0.1, 0.15) is 42.2 Å². The number of benzene rings is 1. The molecule has 122 valence electrons. The Hall–Kier alpha value is -1.88. The number of halogens is 1. The molecule has 1 atom stereocenters. The van der Waals surface area contributed by atoms with Crippen LogP contribution in [0.15, 0.2) is 35.7 Å². The minimum Gasteiger partial charge on any atom is -0.317 e.